The summed E-state index contributed by atoms with van der Waals surface area (Å²) < 4.78 is 39.0. The fraction of sp³-hybridized carbons (Fsp3) is 0.300. The maximum atomic E-state index is 13.5. The lowest BCUT2D eigenvalue weighted by Gasteiger charge is -2.24. The number of rotatable bonds is 12. The topological polar surface area (TPSA) is 113 Å². The molecule has 0 unspecified atom stereocenters. The van der Waals surface area contributed by atoms with E-state index in [4.69, 9.17) is 28.9 Å². The van der Waals surface area contributed by atoms with Crippen LogP contribution in [0.25, 0.3) is 0 Å². The van der Waals surface area contributed by atoms with Gasteiger partial charge in [-0.25, -0.2) is 0 Å². The molecule has 7 nitrogen and oxygen atoms in total. The Bertz CT molecular complexity index is 1380. The molecule has 0 aliphatic heterocycles. The van der Waals surface area contributed by atoms with Crippen LogP contribution in [-0.2, 0) is 46.5 Å². The van der Waals surface area contributed by atoms with Crippen molar-refractivity contribution in [2.24, 2.45) is 5.73 Å². The normalized spacial score (nSPS) is 12.7. The molecule has 0 spiro atoms. The molecule has 0 saturated carbocycles. The number of carbonyl (C=O) groups is 3. The van der Waals surface area contributed by atoms with Gasteiger partial charge in [-0.3, -0.25) is 14.4 Å². The first-order valence-electron chi connectivity index (χ1n) is 13.1. The molecule has 0 radical (unpaired) electrons. The maximum Gasteiger partial charge on any atom is 0.416 e. The third-order valence-electron chi connectivity index (χ3n) is 6.48. The van der Waals surface area contributed by atoms with Crippen LogP contribution >= 0.6 is 23.2 Å². The molecule has 3 aromatic rings. The van der Waals surface area contributed by atoms with Crippen molar-refractivity contribution in [3.05, 3.63) is 105 Å². The Morgan fingerprint density at radius 2 is 1.31 bits per heavy atom. The van der Waals surface area contributed by atoms with Crippen molar-refractivity contribution in [1.29, 1.82) is 0 Å². The van der Waals surface area contributed by atoms with Gasteiger partial charge in [-0.05, 0) is 46.5 Å². The van der Waals surface area contributed by atoms with Crippen LogP contribution in [0, 0.1) is 0 Å². The predicted molar refractivity (Wildman–Crippen MR) is 156 cm³/mol. The van der Waals surface area contributed by atoms with Crippen LogP contribution in [0.2, 0.25) is 10.0 Å². The van der Waals surface area contributed by atoms with Crippen LogP contribution in [0.1, 0.15) is 41.2 Å². The van der Waals surface area contributed by atoms with E-state index >= 15 is 0 Å². The molecule has 3 rings (SSSR count). The molecule has 0 aliphatic rings. The van der Waals surface area contributed by atoms with Crippen LogP contribution in [0.3, 0.4) is 0 Å². The molecule has 0 fully saturated rings. The van der Waals surface area contributed by atoms with E-state index in [1.165, 1.54) is 12.1 Å². The van der Waals surface area contributed by atoms with E-state index < -0.39 is 41.5 Å². The third kappa shape index (κ3) is 9.75. The van der Waals surface area contributed by atoms with Gasteiger partial charge < -0.3 is 21.7 Å². The second-order valence-corrected chi connectivity index (χ2v) is 10.4. The molecule has 3 amide bonds. The first-order chi connectivity index (χ1) is 19.9. The second kappa shape index (κ2) is 15.0. The van der Waals surface area contributed by atoms with Gasteiger partial charge in [-0.1, -0.05) is 72.6 Å². The summed E-state index contributed by atoms with van der Waals surface area (Å²) in [6.45, 7) is 2.16. The lowest BCUT2D eigenvalue weighted by atomic mass is 10.0. The van der Waals surface area contributed by atoms with E-state index in [-0.39, 0.29) is 30.8 Å². The van der Waals surface area contributed by atoms with Crippen LogP contribution in [0.4, 0.5) is 13.2 Å². The van der Waals surface area contributed by atoms with Crippen molar-refractivity contribution in [2.75, 3.05) is 0 Å². The number of carbonyl (C=O) groups excluding carboxylic acids is 3. The fourth-order valence-corrected chi connectivity index (χ4v) is 4.38. The Balaban J connectivity index is 1.81. The molecule has 3 aromatic carbocycles. The van der Waals surface area contributed by atoms with Crippen LogP contribution in [-0.4, -0.2) is 29.8 Å². The minimum Gasteiger partial charge on any atom is -0.350 e. The maximum absolute atomic E-state index is 13.5. The van der Waals surface area contributed by atoms with E-state index in [0.29, 0.717) is 22.7 Å². The van der Waals surface area contributed by atoms with Gasteiger partial charge in [0.05, 0.1) is 15.6 Å². The number of benzene rings is 3. The molecule has 0 aromatic heterocycles. The smallest absolute Gasteiger partial charge is 0.350 e. The van der Waals surface area contributed by atoms with Gasteiger partial charge in [0, 0.05) is 32.4 Å². The van der Waals surface area contributed by atoms with Gasteiger partial charge >= 0.3 is 6.18 Å². The molecular formula is C30H31Cl2F3N4O3. The summed E-state index contributed by atoms with van der Waals surface area (Å²) in [5.74, 6) is -1.61. The second-order valence-electron chi connectivity index (χ2n) is 9.62. The van der Waals surface area contributed by atoms with E-state index in [2.05, 4.69) is 16.0 Å². The van der Waals surface area contributed by atoms with Crippen molar-refractivity contribution in [1.82, 2.24) is 16.0 Å². The van der Waals surface area contributed by atoms with Crippen molar-refractivity contribution >= 4 is 40.9 Å². The van der Waals surface area contributed by atoms with E-state index in [1.807, 2.05) is 24.3 Å². The van der Waals surface area contributed by atoms with Crippen molar-refractivity contribution in [3.63, 3.8) is 0 Å². The van der Waals surface area contributed by atoms with Gasteiger partial charge in [-0.2, -0.15) is 13.2 Å². The predicted octanol–water partition coefficient (Wildman–Crippen LogP) is 4.95. The highest BCUT2D eigenvalue weighted by molar-refractivity contribution is 6.42. The summed E-state index contributed by atoms with van der Waals surface area (Å²) in [5, 5.41) is 8.71. The Labute approximate surface area is 252 Å². The summed E-state index contributed by atoms with van der Waals surface area (Å²) >= 11 is 12.2. The first-order valence-corrected chi connectivity index (χ1v) is 13.9. The average molecular weight is 624 g/mol. The summed E-state index contributed by atoms with van der Waals surface area (Å²) in [6, 6.07) is 14.3. The molecule has 0 bridgehead atoms. The number of nitrogens with two attached hydrogens (primary N) is 1. The number of amides is 3. The van der Waals surface area contributed by atoms with Gasteiger partial charge in [-0.15, -0.1) is 0 Å². The molecule has 42 heavy (non-hydrogen) atoms. The zero-order chi connectivity index (χ0) is 30.9. The largest absolute Gasteiger partial charge is 0.416 e. The lowest BCUT2D eigenvalue weighted by Crippen LogP contribution is -2.55. The van der Waals surface area contributed by atoms with E-state index in [1.54, 1.807) is 25.1 Å². The minimum absolute atomic E-state index is 0.0509. The average Bonchev–Trinajstić information content (AvgIpc) is 2.97. The van der Waals surface area contributed by atoms with Gasteiger partial charge in [0.15, 0.2) is 0 Å². The molecule has 12 heteroatoms. The number of halogens is 5. The Morgan fingerprint density at radius 1 is 0.762 bits per heavy atom. The summed E-state index contributed by atoms with van der Waals surface area (Å²) in [7, 11) is 0. The Kier molecular flexibility index (Phi) is 11.8. The molecule has 5 N–H and O–H groups in total. The highest BCUT2D eigenvalue weighted by Gasteiger charge is 2.31. The van der Waals surface area contributed by atoms with Crippen LogP contribution in [0.5, 0.6) is 0 Å². The van der Waals surface area contributed by atoms with Crippen molar-refractivity contribution in [3.8, 4) is 0 Å². The monoisotopic (exact) mass is 622 g/mol. The SMILES string of the molecule is CCC(=O)N[C@H](Cc1ccc(C(F)(F)F)cc1)C(=O)N[C@@H](Cc1ccc(Cl)c(Cl)c1)C(=O)NCc1ccc(CN)cc1. The molecule has 2 atom stereocenters. The van der Waals surface area contributed by atoms with Crippen LogP contribution in [0.15, 0.2) is 66.7 Å². The number of hydrogen-bond acceptors (Lipinski definition) is 4. The Hall–Kier alpha value is -3.60. The minimum atomic E-state index is -4.51. The zero-order valence-electron chi connectivity index (χ0n) is 22.7. The highest BCUT2D eigenvalue weighted by Crippen LogP contribution is 2.29. The third-order valence-corrected chi connectivity index (χ3v) is 7.22. The number of nitrogens with one attached hydrogen (secondary N) is 3. The molecular weight excluding hydrogens is 592 g/mol. The van der Waals surface area contributed by atoms with Gasteiger partial charge in [0.25, 0.3) is 0 Å². The molecule has 0 aliphatic carbocycles. The zero-order valence-corrected chi connectivity index (χ0v) is 24.2. The number of alkyl halides is 3. The molecule has 224 valence electrons. The van der Waals surface area contributed by atoms with Crippen molar-refractivity contribution in [2.45, 2.75) is 57.5 Å². The summed E-state index contributed by atoms with van der Waals surface area (Å²) in [5.41, 5.74) is 7.57. The van der Waals surface area contributed by atoms with Gasteiger partial charge in [0.1, 0.15) is 12.1 Å². The summed E-state index contributed by atoms with van der Waals surface area (Å²) in [4.78, 5) is 39.0. The van der Waals surface area contributed by atoms with Crippen molar-refractivity contribution < 1.29 is 27.6 Å². The van der Waals surface area contributed by atoms with E-state index in [9.17, 15) is 27.6 Å². The highest BCUT2D eigenvalue weighted by atomic mass is 35.5. The first kappa shape index (κ1) is 32.9. The molecule has 0 heterocycles. The van der Waals surface area contributed by atoms with E-state index in [0.717, 1.165) is 23.3 Å². The fourth-order valence-electron chi connectivity index (χ4n) is 4.06. The summed E-state index contributed by atoms with van der Waals surface area (Å²) in [6.07, 6.45) is -4.48. The molecule has 0 saturated heterocycles. The quantitative estimate of drug-likeness (QED) is 0.229. The Morgan fingerprint density at radius 3 is 1.88 bits per heavy atom. The van der Waals surface area contributed by atoms with Crippen LogP contribution < -0.4 is 21.7 Å². The standard InChI is InChI=1S/C30H31Cl2F3N4O3/c1-2-27(40)38-26(14-18-7-10-22(11-8-18)30(33,34)35)29(42)39-25(15-21-9-12-23(31)24(32)13-21)28(41)37-17-20-5-3-19(16-36)4-6-20/h3-13,25-26H,2,14-17,36H2,1H3,(H,37,41)(H,38,40)(H,39,42)/t25-,26+/m0/s1. The number of hydrogen-bond donors (Lipinski definition) is 4. The van der Waals surface area contributed by atoms with Gasteiger partial charge in [0.2, 0.25) is 17.7 Å². The lowest BCUT2D eigenvalue weighted by molar-refractivity contribution is -0.137.